The molecule has 0 saturated carbocycles. The molecule has 1 aromatic rings. The first kappa shape index (κ1) is 11.7. The lowest BCUT2D eigenvalue weighted by Crippen LogP contribution is -2.08. The van der Waals surface area contributed by atoms with E-state index in [0.29, 0.717) is 6.10 Å². The van der Waals surface area contributed by atoms with E-state index in [-0.39, 0.29) is 0 Å². The van der Waals surface area contributed by atoms with E-state index in [9.17, 15) is 0 Å². The van der Waals surface area contributed by atoms with Crippen molar-refractivity contribution in [2.75, 3.05) is 18.5 Å². The summed E-state index contributed by atoms with van der Waals surface area (Å²) in [5.74, 6) is 0. The summed E-state index contributed by atoms with van der Waals surface area (Å²) in [7, 11) is 0. The molecule has 1 aliphatic rings. The van der Waals surface area contributed by atoms with Crippen LogP contribution in [0, 0.1) is 0 Å². The van der Waals surface area contributed by atoms with Crippen LogP contribution in [0.4, 0.5) is 5.69 Å². The summed E-state index contributed by atoms with van der Waals surface area (Å²) < 4.78 is 5.58. The van der Waals surface area contributed by atoms with Gasteiger partial charge < -0.3 is 10.1 Å². The van der Waals surface area contributed by atoms with E-state index >= 15 is 0 Å². The van der Waals surface area contributed by atoms with E-state index in [1.54, 1.807) is 0 Å². The monoisotopic (exact) mass is 239 g/mol. The quantitative estimate of drug-likeness (QED) is 0.791. The molecular weight excluding hydrogens is 222 g/mol. The Morgan fingerprint density at radius 2 is 2.38 bits per heavy atom. The Morgan fingerprint density at radius 1 is 1.44 bits per heavy atom. The minimum atomic E-state index is 0.501. The van der Waals surface area contributed by atoms with Gasteiger partial charge in [0.1, 0.15) is 0 Å². The number of rotatable bonds is 5. The van der Waals surface area contributed by atoms with Gasteiger partial charge in [0.15, 0.2) is 0 Å². The maximum absolute atomic E-state index is 5.90. The molecule has 0 bridgehead atoms. The largest absolute Gasteiger partial charge is 0.385 e. The predicted octanol–water partition coefficient (Wildman–Crippen LogP) is 3.71. The Balaban J connectivity index is 1.64. The Labute approximate surface area is 102 Å². The van der Waals surface area contributed by atoms with Gasteiger partial charge >= 0.3 is 0 Å². The molecule has 1 atom stereocenters. The zero-order valence-electron chi connectivity index (χ0n) is 9.42. The zero-order chi connectivity index (χ0) is 11.2. The van der Waals surface area contributed by atoms with Crippen molar-refractivity contribution in [3.05, 3.63) is 29.3 Å². The predicted molar refractivity (Wildman–Crippen MR) is 68.1 cm³/mol. The average molecular weight is 240 g/mol. The molecule has 1 unspecified atom stereocenters. The second kappa shape index (κ2) is 6.12. The molecule has 0 spiro atoms. The van der Waals surface area contributed by atoms with Crippen LogP contribution >= 0.6 is 11.6 Å². The number of hydrogen-bond donors (Lipinski definition) is 1. The fourth-order valence-corrected chi connectivity index (χ4v) is 2.22. The summed E-state index contributed by atoms with van der Waals surface area (Å²) in [6.45, 7) is 1.94. The van der Waals surface area contributed by atoms with Crippen molar-refractivity contribution in [2.24, 2.45) is 0 Å². The maximum atomic E-state index is 5.90. The van der Waals surface area contributed by atoms with E-state index in [1.807, 2.05) is 24.3 Å². The molecule has 1 heterocycles. The van der Waals surface area contributed by atoms with E-state index in [4.69, 9.17) is 16.3 Å². The summed E-state index contributed by atoms with van der Waals surface area (Å²) in [6.07, 6.45) is 5.27. The number of benzene rings is 1. The van der Waals surface area contributed by atoms with Crippen molar-refractivity contribution >= 4 is 17.3 Å². The van der Waals surface area contributed by atoms with Gasteiger partial charge in [0, 0.05) is 23.9 Å². The molecular formula is C13H18ClNO. The normalized spacial score (nSPS) is 19.9. The smallest absolute Gasteiger partial charge is 0.0576 e. The van der Waals surface area contributed by atoms with Crippen molar-refractivity contribution in [3.63, 3.8) is 0 Å². The van der Waals surface area contributed by atoms with E-state index in [0.717, 1.165) is 36.7 Å². The first-order valence-electron chi connectivity index (χ1n) is 5.95. The number of anilines is 1. The highest BCUT2D eigenvalue weighted by Gasteiger charge is 2.14. The third kappa shape index (κ3) is 3.69. The van der Waals surface area contributed by atoms with Crippen LogP contribution in [-0.2, 0) is 4.74 Å². The van der Waals surface area contributed by atoms with Crippen LogP contribution in [0.3, 0.4) is 0 Å². The maximum Gasteiger partial charge on any atom is 0.0576 e. The fourth-order valence-electron chi connectivity index (χ4n) is 2.03. The van der Waals surface area contributed by atoms with Crippen LogP contribution in [-0.4, -0.2) is 19.3 Å². The highest BCUT2D eigenvalue weighted by Crippen LogP contribution is 2.18. The summed E-state index contributed by atoms with van der Waals surface area (Å²) in [5, 5.41) is 4.15. The summed E-state index contributed by atoms with van der Waals surface area (Å²) in [6, 6.07) is 7.84. The number of ether oxygens (including phenoxy) is 1. The zero-order valence-corrected chi connectivity index (χ0v) is 10.2. The summed E-state index contributed by atoms with van der Waals surface area (Å²) >= 11 is 5.90. The molecule has 0 aromatic heterocycles. The molecule has 2 nitrogen and oxygen atoms in total. The summed E-state index contributed by atoms with van der Waals surface area (Å²) in [5.41, 5.74) is 1.10. The topological polar surface area (TPSA) is 21.3 Å². The van der Waals surface area contributed by atoms with Crippen LogP contribution in [0.15, 0.2) is 24.3 Å². The molecule has 1 aliphatic heterocycles. The lowest BCUT2D eigenvalue weighted by atomic mass is 10.1. The van der Waals surface area contributed by atoms with Gasteiger partial charge in [-0.2, -0.15) is 0 Å². The van der Waals surface area contributed by atoms with Gasteiger partial charge in [-0.25, -0.2) is 0 Å². The van der Waals surface area contributed by atoms with Gasteiger partial charge in [0.05, 0.1) is 6.10 Å². The molecule has 3 heteroatoms. The first-order chi connectivity index (χ1) is 7.84. The van der Waals surface area contributed by atoms with Gasteiger partial charge in [-0.1, -0.05) is 17.7 Å². The van der Waals surface area contributed by atoms with Gasteiger partial charge in [-0.3, -0.25) is 0 Å². The molecule has 16 heavy (non-hydrogen) atoms. The minimum Gasteiger partial charge on any atom is -0.385 e. The van der Waals surface area contributed by atoms with E-state index in [2.05, 4.69) is 5.32 Å². The molecule has 88 valence electrons. The standard InChI is InChI=1S/C13H18ClNO/c14-11-4-1-5-12(10-11)15-8-2-6-13-7-3-9-16-13/h1,4-5,10,13,15H,2-3,6-9H2. The highest BCUT2D eigenvalue weighted by molar-refractivity contribution is 6.30. The Hall–Kier alpha value is -0.730. The SMILES string of the molecule is Clc1cccc(NCCCC2CCCO2)c1. The Bertz CT molecular complexity index is 323. The van der Waals surface area contributed by atoms with Crippen LogP contribution in [0.2, 0.25) is 5.02 Å². The number of halogens is 1. The second-order valence-corrected chi connectivity index (χ2v) is 4.65. The molecule has 1 saturated heterocycles. The molecule has 1 N–H and O–H groups in total. The molecule has 2 rings (SSSR count). The Morgan fingerprint density at radius 3 is 3.12 bits per heavy atom. The highest BCUT2D eigenvalue weighted by atomic mass is 35.5. The third-order valence-corrected chi connectivity index (χ3v) is 3.12. The van der Waals surface area contributed by atoms with Gasteiger partial charge in [0.25, 0.3) is 0 Å². The van der Waals surface area contributed by atoms with Crippen LogP contribution in [0.25, 0.3) is 0 Å². The third-order valence-electron chi connectivity index (χ3n) is 2.88. The lowest BCUT2D eigenvalue weighted by molar-refractivity contribution is 0.103. The number of hydrogen-bond acceptors (Lipinski definition) is 2. The minimum absolute atomic E-state index is 0.501. The molecule has 0 amide bonds. The van der Waals surface area contributed by atoms with E-state index in [1.165, 1.54) is 12.8 Å². The van der Waals surface area contributed by atoms with Crippen molar-refractivity contribution in [3.8, 4) is 0 Å². The summed E-state index contributed by atoms with van der Waals surface area (Å²) in [4.78, 5) is 0. The van der Waals surface area contributed by atoms with Crippen molar-refractivity contribution in [1.82, 2.24) is 0 Å². The Kier molecular flexibility index (Phi) is 4.49. The van der Waals surface area contributed by atoms with Crippen LogP contribution in [0.5, 0.6) is 0 Å². The fraction of sp³-hybridized carbons (Fsp3) is 0.538. The second-order valence-electron chi connectivity index (χ2n) is 4.21. The van der Waals surface area contributed by atoms with Crippen molar-refractivity contribution < 1.29 is 4.74 Å². The van der Waals surface area contributed by atoms with Gasteiger partial charge in [-0.15, -0.1) is 0 Å². The van der Waals surface area contributed by atoms with E-state index < -0.39 is 0 Å². The number of nitrogens with one attached hydrogen (secondary N) is 1. The van der Waals surface area contributed by atoms with Crippen LogP contribution < -0.4 is 5.32 Å². The van der Waals surface area contributed by atoms with Crippen LogP contribution in [0.1, 0.15) is 25.7 Å². The van der Waals surface area contributed by atoms with Crippen molar-refractivity contribution in [1.29, 1.82) is 0 Å². The lowest BCUT2D eigenvalue weighted by Gasteiger charge is -2.10. The van der Waals surface area contributed by atoms with Crippen molar-refractivity contribution in [2.45, 2.75) is 31.8 Å². The first-order valence-corrected chi connectivity index (χ1v) is 6.33. The molecule has 0 radical (unpaired) electrons. The van der Waals surface area contributed by atoms with Gasteiger partial charge in [-0.05, 0) is 43.9 Å². The molecule has 1 fully saturated rings. The molecule has 1 aromatic carbocycles. The van der Waals surface area contributed by atoms with Gasteiger partial charge in [0.2, 0.25) is 0 Å². The average Bonchev–Trinajstić information content (AvgIpc) is 2.77. The molecule has 0 aliphatic carbocycles.